The first-order chi connectivity index (χ1) is 16.3. The molecule has 0 aliphatic carbocycles. The summed E-state index contributed by atoms with van der Waals surface area (Å²) in [6.45, 7) is 3.02. The highest BCUT2D eigenvalue weighted by Gasteiger charge is 2.33. The molecule has 1 fully saturated rings. The zero-order valence-electron chi connectivity index (χ0n) is 19.2. The minimum absolute atomic E-state index is 0.0397. The van der Waals surface area contributed by atoms with Gasteiger partial charge in [-0.2, -0.15) is 9.57 Å². The summed E-state index contributed by atoms with van der Waals surface area (Å²) in [4.78, 5) is 26.9. The van der Waals surface area contributed by atoms with Crippen LogP contribution in [0.3, 0.4) is 0 Å². The molecule has 1 saturated heterocycles. The van der Waals surface area contributed by atoms with Gasteiger partial charge in [-0.05, 0) is 73.7 Å². The number of aryl methyl sites for hydroxylation is 1. The Hall–Kier alpha value is -3.22. The fourth-order valence-electron chi connectivity index (χ4n) is 4.56. The lowest BCUT2D eigenvalue weighted by molar-refractivity contribution is -0.121. The minimum atomic E-state index is -3.69. The normalized spacial score (nSPS) is 17.0. The van der Waals surface area contributed by atoms with Crippen molar-refractivity contribution in [2.45, 2.75) is 43.9 Å². The van der Waals surface area contributed by atoms with Crippen LogP contribution in [0.5, 0.6) is 0 Å². The van der Waals surface area contributed by atoms with Crippen molar-refractivity contribution in [3.05, 3.63) is 53.6 Å². The molecule has 2 aromatic rings. The second kappa shape index (κ2) is 9.95. The molecular weight excluding hydrogens is 452 g/mol. The molecule has 2 aliphatic heterocycles. The van der Waals surface area contributed by atoms with Gasteiger partial charge >= 0.3 is 0 Å². The van der Waals surface area contributed by atoms with E-state index >= 15 is 0 Å². The second-order valence-electron chi connectivity index (χ2n) is 8.65. The maximum absolute atomic E-state index is 13.3. The van der Waals surface area contributed by atoms with Crippen LogP contribution >= 0.6 is 0 Å². The van der Waals surface area contributed by atoms with Crippen molar-refractivity contribution in [3.63, 3.8) is 0 Å². The van der Waals surface area contributed by atoms with E-state index in [0.29, 0.717) is 37.1 Å². The van der Waals surface area contributed by atoms with E-state index in [1.165, 1.54) is 4.31 Å². The summed E-state index contributed by atoms with van der Waals surface area (Å²) >= 11 is 0. The SMILES string of the molecule is CCC(=O)N1CCCc2cc(S(=O)(=O)N3CCC(C(=O)Nc4ccc(C#N)cc4)CC3)ccc21. The smallest absolute Gasteiger partial charge is 0.243 e. The van der Waals surface area contributed by atoms with Crippen LogP contribution in [0.15, 0.2) is 47.4 Å². The Kier molecular flexibility index (Phi) is 7.00. The average molecular weight is 481 g/mol. The van der Waals surface area contributed by atoms with Gasteiger partial charge in [0.05, 0.1) is 16.5 Å². The number of nitriles is 1. The number of carbonyl (C=O) groups is 2. The molecule has 4 rings (SSSR count). The monoisotopic (exact) mass is 480 g/mol. The van der Waals surface area contributed by atoms with Crippen LogP contribution in [-0.4, -0.2) is 44.2 Å². The second-order valence-corrected chi connectivity index (χ2v) is 10.6. The summed E-state index contributed by atoms with van der Waals surface area (Å²) in [5.74, 6) is -0.381. The molecule has 2 aromatic carbocycles. The van der Waals surface area contributed by atoms with Gasteiger partial charge in [0.25, 0.3) is 0 Å². The van der Waals surface area contributed by atoms with E-state index in [-0.39, 0.29) is 35.7 Å². The van der Waals surface area contributed by atoms with E-state index in [1.807, 2.05) is 13.0 Å². The first-order valence-electron chi connectivity index (χ1n) is 11.6. The molecule has 0 bridgehead atoms. The van der Waals surface area contributed by atoms with Crippen molar-refractivity contribution in [2.24, 2.45) is 5.92 Å². The van der Waals surface area contributed by atoms with Crippen molar-refractivity contribution >= 4 is 33.2 Å². The van der Waals surface area contributed by atoms with E-state index in [9.17, 15) is 18.0 Å². The summed E-state index contributed by atoms with van der Waals surface area (Å²) in [7, 11) is -3.69. The third-order valence-corrected chi connectivity index (χ3v) is 8.41. The Morgan fingerprint density at radius 3 is 2.44 bits per heavy atom. The Morgan fingerprint density at radius 2 is 1.79 bits per heavy atom. The van der Waals surface area contributed by atoms with Gasteiger partial charge in [-0.15, -0.1) is 0 Å². The van der Waals surface area contributed by atoms with Crippen molar-refractivity contribution in [3.8, 4) is 6.07 Å². The molecule has 0 spiro atoms. The first-order valence-corrected chi connectivity index (χ1v) is 13.0. The number of nitrogens with zero attached hydrogens (tertiary/aromatic N) is 3. The molecule has 0 radical (unpaired) electrons. The Bertz CT molecular complexity index is 1230. The summed E-state index contributed by atoms with van der Waals surface area (Å²) in [5, 5.41) is 11.7. The van der Waals surface area contributed by atoms with Crippen LogP contribution in [0.2, 0.25) is 0 Å². The number of anilines is 2. The zero-order chi connectivity index (χ0) is 24.3. The van der Waals surface area contributed by atoms with Crippen LogP contribution in [-0.2, 0) is 26.0 Å². The number of carbonyl (C=O) groups excluding carboxylic acids is 2. The highest BCUT2D eigenvalue weighted by atomic mass is 32.2. The number of piperidine rings is 1. The standard InChI is InChI=1S/C25H28N4O4S/c1-2-24(30)29-13-3-4-20-16-22(9-10-23(20)29)34(32,33)28-14-11-19(12-15-28)25(31)27-21-7-5-18(17-26)6-8-21/h5-10,16,19H,2-4,11-15H2,1H3,(H,27,31). The highest BCUT2D eigenvalue weighted by molar-refractivity contribution is 7.89. The van der Waals surface area contributed by atoms with Gasteiger partial charge in [-0.25, -0.2) is 8.42 Å². The maximum Gasteiger partial charge on any atom is 0.243 e. The van der Waals surface area contributed by atoms with Crippen molar-refractivity contribution in [1.29, 1.82) is 5.26 Å². The molecular formula is C25H28N4O4S. The molecule has 9 heteroatoms. The molecule has 2 heterocycles. The van der Waals surface area contributed by atoms with Crippen LogP contribution in [0.1, 0.15) is 43.7 Å². The number of sulfonamides is 1. The quantitative estimate of drug-likeness (QED) is 0.706. The lowest BCUT2D eigenvalue weighted by Crippen LogP contribution is -2.41. The molecule has 0 unspecified atom stereocenters. The summed E-state index contributed by atoms with van der Waals surface area (Å²) in [5.41, 5.74) is 2.81. The van der Waals surface area contributed by atoms with E-state index in [0.717, 1.165) is 24.1 Å². The number of fused-ring (bicyclic) bond motifs is 1. The molecule has 2 aliphatic rings. The molecule has 8 nitrogen and oxygen atoms in total. The van der Waals surface area contributed by atoms with E-state index in [1.54, 1.807) is 47.4 Å². The van der Waals surface area contributed by atoms with E-state index in [2.05, 4.69) is 5.32 Å². The topological polar surface area (TPSA) is 111 Å². The minimum Gasteiger partial charge on any atom is -0.326 e. The lowest BCUT2D eigenvalue weighted by atomic mass is 9.97. The van der Waals surface area contributed by atoms with Crippen LogP contribution < -0.4 is 10.2 Å². The Morgan fingerprint density at radius 1 is 1.09 bits per heavy atom. The molecule has 0 atom stereocenters. The molecule has 178 valence electrons. The molecule has 0 saturated carbocycles. The number of hydrogen-bond donors (Lipinski definition) is 1. The van der Waals surface area contributed by atoms with Crippen LogP contribution in [0.4, 0.5) is 11.4 Å². The molecule has 0 aromatic heterocycles. The summed E-state index contributed by atoms with van der Waals surface area (Å²) < 4.78 is 28.0. The Labute approximate surface area is 200 Å². The van der Waals surface area contributed by atoms with Gasteiger partial charge in [-0.1, -0.05) is 6.92 Å². The first kappa shape index (κ1) is 23.9. The molecule has 1 N–H and O–H groups in total. The predicted molar refractivity (Wildman–Crippen MR) is 129 cm³/mol. The predicted octanol–water partition coefficient (Wildman–Crippen LogP) is 3.29. The van der Waals surface area contributed by atoms with Gasteiger partial charge in [0.2, 0.25) is 21.8 Å². The lowest BCUT2D eigenvalue weighted by Gasteiger charge is -2.32. The largest absolute Gasteiger partial charge is 0.326 e. The number of amides is 2. The number of rotatable bonds is 5. The number of hydrogen-bond acceptors (Lipinski definition) is 5. The van der Waals surface area contributed by atoms with Gasteiger partial charge in [0, 0.05) is 43.3 Å². The van der Waals surface area contributed by atoms with Gasteiger partial charge in [-0.3, -0.25) is 9.59 Å². The third kappa shape index (κ3) is 4.83. The molecule has 2 amide bonds. The third-order valence-electron chi connectivity index (χ3n) is 6.52. The summed E-state index contributed by atoms with van der Waals surface area (Å²) in [6, 6.07) is 13.7. The number of nitrogens with one attached hydrogen (secondary N) is 1. The Balaban J connectivity index is 1.41. The van der Waals surface area contributed by atoms with Crippen molar-refractivity contribution in [1.82, 2.24) is 4.31 Å². The maximum atomic E-state index is 13.3. The fourth-order valence-corrected chi connectivity index (χ4v) is 6.08. The zero-order valence-corrected chi connectivity index (χ0v) is 20.0. The van der Waals surface area contributed by atoms with Gasteiger partial charge in [0.1, 0.15) is 0 Å². The average Bonchev–Trinajstić information content (AvgIpc) is 2.88. The van der Waals surface area contributed by atoms with Crippen LogP contribution in [0.25, 0.3) is 0 Å². The van der Waals surface area contributed by atoms with Gasteiger partial charge in [0.15, 0.2) is 0 Å². The van der Waals surface area contributed by atoms with Crippen molar-refractivity contribution in [2.75, 3.05) is 29.9 Å². The van der Waals surface area contributed by atoms with Gasteiger partial charge < -0.3 is 10.2 Å². The fraction of sp³-hybridized carbons (Fsp3) is 0.400. The molecule has 34 heavy (non-hydrogen) atoms. The van der Waals surface area contributed by atoms with E-state index in [4.69, 9.17) is 5.26 Å². The van der Waals surface area contributed by atoms with E-state index < -0.39 is 10.0 Å². The van der Waals surface area contributed by atoms with Crippen molar-refractivity contribution < 1.29 is 18.0 Å². The highest BCUT2D eigenvalue weighted by Crippen LogP contribution is 2.32. The van der Waals surface area contributed by atoms with Crippen LogP contribution in [0, 0.1) is 17.2 Å². The summed E-state index contributed by atoms with van der Waals surface area (Å²) in [6.07, 6.45) is 2.83. The number of benzene rings is 2.